The first-order valence-corrected chi connectivity index (χ1v) is 8.26. The molecular weight excluding hydrogens is 288 g/mol. The molecule has 0 spiro atoms. The third-order valence-electron chi connectivity index (χ3n) is 3.04. The van der Waals surface area contributed by atoms with E-state index in [1.165, 1.54) is 6.26 Å². The van der Waals surface area contributed by atoms with E-state index in [0.717, 1.165) is 11.2 Å². The van der Waals surface area contributed by atoms with Gasteiger partial charge in [0.2, 0.25) is 5.95 Å². The average molecular weight is 302 g/mol. The van der Waals surface area contributed by atoms with Gasteiger partial charge in [0.1, 0.15) is 0 Å². The molecule has 0 amide bonds. The highest BCUT2D eigenvalue weighted by Crippen LogP contribution is 2.12. The van der Waals surface area contributed by atoms with Crippen molar-refractivity contribution in [1.82, 2.24) is 14.6 Å². The lowest BCUT2D eigenvalue weighted by atomic mass is 10.2. The molecular formula is C14H14N4O2S. The quantitative estimate of drug-likeness (QED) is 0.794. The van der Waals surface area contributed by atoms with E-state index in [9.17, 15) is 8.42 Å². The minimum atomic E-state index is -3.15. The van der Waals surface area contributed by atoms with E-state index in [-0.39, 0.29) is 0 Å². The van der Waals surface area contributed by atoms with E-state index in [1.807, 2.05) is 24.4 Å². The summed E-state index contributed by atoms with van der Waals surface area (Å²) in [7, 11) is -3.15. The van der Waals surface area contributed by atoms with Gasteiger partial charge in [-0.05, 0) is 29.8 Å². The first-order chi connectivity index (χ1) is 10.0. The summed E-state index contributed by atoms with van der Waals surface area (Å²) in [5.74, 6) is 0.536. The molecule has 1 N–H and O–H groups in total. The van der Waals surface area contributed by atoms with Crippen LogP contribution in [0.25, 0.3) is 5.65 Å². The molecule has 0 saturated heterocycles. The van der Waals surface area contributed by atoms with Crippen molar-refractivity contribution < 1.29 is 8.42 Å². The Morgan fingerprint density at radius 2 is 1.90 bits per heavy atom. The fourth-order valence-corrected chi connectivity index (χ4v) is 2.57. The minimum Gasteiger partial charge on any atom is -0.349 e. The smallest absolute Gasteiger partial charge is 0.243 e. The number of benzene rings is 1. The fraction of sp³-hybridized carbons (Fsp3) is 0.143. The van der Waals surface area contributed by atoms with Crippen molar-refractivity contribution in [2.75, 3.05) is 11.6 Å². The number of fused-ring (bicyclic) bond motifs is 1. The van der Waals surface area contributed by atoms with Gasteiger partial charge in [-0.3, -0.25) is 0 Å². The maximum absolute atomic E-state index is 11.4. The van der Waals surface area contributed by atoms with Gasteiger partial charge in [-0.15, -0.1) is 5.10 Å². The van der Waals surface area contributed by atoms with E-state index >= 15 is 0 Å². The van der Waals surface area contributed by atoms with Crippen LogP contribution in [0, 0.1) is 0 Å². The van der Waals surface area contributed by atoms with Crippen LogP contribution < -0.4 is 5.32 Å². The van der Waals surface area contributed by atoms with E-state index < -0.39 is 9.84 Å². The van der Waals surface area contributed by atoms with Gasteiger partial charge >= 0.3 is 0 Å². The molecule has 2 aromatic heterocycles. The number of nitrogens with one attached hydrogen (secondary N) is 1. The molecule has 0 fully saturated rings. The van der Waals surface area contributed by atoms with Crippen molar-refractivity contribution in [3.63, 3.8) is 0 Å². The summed E-state index contributed by atoms with van der Waals surface area (Å²) < 4.78 is 24.5. The van der Waals surface area contributed by atoms with Gasteiger partial charge in [-0.1, -0.05) is 18.2 Å². The van der Waals surface area contributed by atoms with Gasteiger partial charge in [0.05, 0.1) is 4.90 Å². The number of rotatable bonds is 4. The molecule has 0 radical (unpaired) electrons. The van der Waals surface area contributed by atoms with Crippen LogP contribution in [0.5, 0.6) is 0 Å². The second-order valence-electron chi connectivity index (χ2n) is 4.71. The third kappa shape index (κ3) is 3.03. The number of anilines is 1. The zero-order valence-corrected chi connectivity index (χ0v) is 12.2. The fourth-order valence-electron chi connectivity index (χ4n) is 1.94. The van der Waals surface area contributed by atoms with Crippen LogP contribution in [-0.4, -0.2) is 29.3 Å². The van der Waals surface area contributed by atoms with Crippen LogP contribution in [0.3, 0.4) is 0 Å². The number of aromatic nitrogens is 3. The largest absolute Gasteiger partial charge is 0.349 e. The molecule has 6 nitrogen and oxygen atoms in total. The lowest BCUT2D eigenvalue weighted by Crippen LogP contribution is -2.02. The van der Waals surface area contributed by atoms with E-state index in [1.54, 1.807) is 28.8 Å². The molecule has 0 saturated carbocycles. The molecule has 21 heavy (non-hydrogen) atoms. The molecule has 0 aliphatic rings. The number of sulfone groups is 1. The highest BCUT2D eigenvalue weighted by molar-refractivity contribution is 7.90. The summed E-state index contributed by atoms with van der Waals surface area (Å²) in [4.78, 5) is 4.65. The summed E-state index contributed by atoms with van der Waals surface area (Å²) in [6, 6.07) is 12.4. The zero-order valence-electron chi connectivity index (χ0n) is 11.4. The second-order valence-corrected chi connectivity index (χ2v) is 6.72. The SMILES string of the molecule is CS(=O)(=O)c1ccc(CNc2nc3ccccn3n2)cc1. The van der Waals surface area contributed by atoms with Crippen LogP contribution in [-0.2, 0) is 16.4 Å². The molecule has 108 valence electrons. The Morgan fingerprint density at radius 3 is 2.57 bits per heavy atom. The zero-order chi connectivity index (χ0) is 14.9. The first kappa shape index (κ1) is 13.6. The van der Waals surface area contributed by atoms with Gasteiger partial charge in [0, 0.05) is 19.0 Å². The molecule has 2 heterocycles. The Bertz CT molecular complexity index is 836. The number of pyridine rings is 1. The van der Waals surface area contributed by atoms with Gasteiger partial charge in [0.15, 0.2) is 15.5 Å². The normalized spacial score (nSPS) is 11.7. The van der Waals surface area contributed by atoms with Gasteiger partial charge in [0.25, 0.3) is 0 Å². The first-order valence-electron chi connectivity index (χ1n) is 6.37. The summed E-state index contributed by atoms with van der Waals surface area (Å²) in [6.45, 7) is 0.529. The number of hydrogen-bond acceptors (Lipinski definition) is 5. The summed E-state index contributed by atoms with van der Waals surface area (Å²) >= 11 is 0. The molecule has 0 bridgehead atoms. The Morgan fingerprint density at radius 1 is 1.14 bits per heavy atom. The monoisotopic (exact) mass is 302 g/mol. The molecule has 3 rings (SSSR count). The predicted molar refractivity (Wildman–Crippen MR) is 79.9 cm³/mol. The van der Waals surface area contributed by atoms with Crippen LogP contribution in [0.2, 0.25) is 0 Å². The Hall–Kier alpha value is -2.41. The van der Waals surface area contributed by atoms with Crippen LogP contribution >= 0.6 is 0 Å². The maximum atomic E-state index is 11.4. The highest BCUT2D eigenvalue weighted by atomic mass is 32.2. The second kappa shape index (κ2) is 5.17. The highest BCUT2D eigenvalue weighted by Gasteiger charge is 2.06. The lowest BCUT2D eigenvalue weighted by Gasteiger charge is -2.03. The molecule has 0 aliphatic heterocycles. The van der Waals surface area contributed by atoms with Crippen molar-refractivity contribution in [2.24, 2.45) is 0 Å². The standard InChI is InChI=1S/C14H14N4O2S/c1-21(19,20)12-7-5-11(6-8-12)10-15-14-16-13-4-2-3-9-18(13)17-14/h2-9H,10H2,1H3,(H,15,17). The summed E-state index contributed by atoms with van der Waals surface area (Å²) in [6.07, 6.45) is 3.02. The van der Waals surface area contributed by atoms with Gasteiger partial charge in [-0.2, -0.15) is 4.98 Å². The molecule has 1 aromatic carbocycles. The van der Waals surface area contributed by atoms with Crippen molar-refractivity contribution >= 4 is 21.4 Å². The number of nitrogens with zero attached hydrogens (tertiary/aromatic N) is 3. The minimum absolute atomic E-state index is 0.317. The van der Waals surface area contributed by atoms with Crippen molar-refractivity contribution in [2.45, 2.75) is 11.4 Å². The number of hydrogen-bond donors (Lipinski definition) is 1. The molecule has 0 atom stereocenters. The lowest BCUT2D eigenvalue weighted by molar-refractivity contribution is 0.602. The van der Waals surface area contributed by atoms with E-state index in [4.69, 9.17) is 0 Å². The molecule has 3 aromatic rings. The Kier molecular flexibility index (Phi) is 3.34. The average Bonchev–Trinajstić information content (AvgIpc) is 2.87. The predicted octanol–water partition coefficient (Wildman–Crippen LogP) is 1.74. The molecule has 0 unspecified atom stereocenters. The van der Waals surface area contributed by atoms with Crippen molar-refractivity contribution in [3.05, 3.63) is 54.2 Å². The van der Waals surface area contributed by atoms with E-state index in [0.29, 0.717) is 17.4 Å². The van der Waals surface area contributed by atoms with Crippen molar-refractivity contribution in [3.8, 4) is 0 Å². The van der Waals surface area contributed by atoms with Gasteiger partial charge < -0.3 is 5.32 Å². The summed E-state index contributed by atoms with van der Waals surface area (Å²) in [5.41, 5.74) is 1.73. The Balaban J connectivity index is 1.72. The molecule has 7 heteroatoms. The maximum Gasteiger partial charge on any atom is 0.243 e. The summed E-state index contributed by atoms with van der Waals surface area (Å²) in [5, 5.41) is 7.40. The van der Waals surface area contributed by atoms with E-state index in [2.05, 4.69) is 15.4 Å². The van der Waals surface area contributed by atoms with Crippen molar-refractivity contribution in [1.29, 1.82) is 0 Å². The van der Waals surface area contributed by atoms with Crippen LogP contribution in [0.4, 0.5) is 5.95 Å². The third-order valence-corrected chi connectivity index (χ3v) is 4.17. The van der Waals surface area contributed by atoms with Gasteiger partial charge in [-0.25, -0.2) is 12.9 Å². The molecule has 0 aliphatic carbocycles. The van der Waals surface area contributed by atoms with Crippen LogP contribution in [0.1, 0.15) is 5.56 Å². The van der Waals surface area contributed by atoms with Crippen LogP contribution in [0.15, 0.2) is 53.6 Å². The topological polar surface area (TPSA) is 76.4 Å². The Labute approximate surface area is 122 Å².